The second-order valence-electron chi connectivity index (χ2n) is 5.34. The van der Waals surface area contributed by atoms with Crippen LogP contribution >= 0.6 is 15.9 Å². The van der Waals surface area contributed by atoms with Gasteiger partial charge in [0.15, 0.2) is 9.84 Å². The highest BCUT2D eigenvalue weighted by Crippen LogP contribution is 2.28. The molecule has 26 heavy (non-hydrogen) atoms. The lowest BCUT2D eigenvalue weighted by Crippen LogP contribution is -2.15. The standard InChI is InChI=1S/C18H17BrN2O4S/c1-3-26(23,24)17-9-8-15(12-16(17)20-2)21-18(22)25-11-10-13-4-6-14(19)7-5-13/h4-9,12H,3,10-11H2,1H3,(H,21,22). The van der Waals surface area contributed by atoms with Crippen LogP contribution in [0.1, 0.15) is 12.5 Å². The zero-order chi connectivity index (χ0) is 19.2. The van der Waals surface area contributed by atoms with Gasteiger partial charge in [0.05, 0.1) is 23.8 Å². The lowest BCUT2D eigenvalue weighted by atomic mass is 10.2. The molecule has 6 nitrogen and oxygen atoms in total. The number of halogens is 1. The van der Waals surface area contributed by atoms with Gasteiger partial charge in [-0.2, -0.15) is 0 Å². The van der Waals surface area contributed by atoms with Crippen LogP contribution < -0.4 is 5.32 Å². The molecule has 0 saturated carbocycles. The van der Waals surface area contributed by atoms with Crippen molar-refractivity contribution in [2.75, 3.05) is 17.7 Å². The summed E-state index contributed by atoms with van der Waals surface area (Å²) < 4.78 is 30.0. The second kappa shape index (κ2) is 8.83. The summed E-state index contributed by atoms with van der Waals surface area (Å²) in [6.07, 6.45) is -0.0917. The molecule has 0 atom stereocenters. The summed E-state index contributed by atoms with van der Waals surface area (Å²) in [5.41, 5.74) is 1.31. The van der Waals surface area contributed by atoms with Gasteiger partial charge in [0.2, 0.25) is 5.69 Å². The second-order valence-corrected chi connectivity index (χ2v) is 8.50. The topological polar surface area (TPSA) is 76.8 Å². The van der Waals surface area contributed by atoms with E-state index in [1.54, 1.807) is 0 Å². The van der Waals surface area contributed by atoms with Crippen LogP contribution in [0, 0.1) is 6.57 Å². The van der Waals surface area contributed by atoms with E-state index in [0.29, 0.717) is 12.1 Å². The van der Waals surface area contributed by atoms with Crippen LogP contribution in [-0.4, -0.2) is 26.9 Å². The van der Waals surface area contributed by atoms with Crippen molar-refractivity contribution in [3.63, 3.8) is 0 Å². The number of nitrogens with zero attached hydrogens (tertiary/aromatic N) is 1. The number of carbonyl (C=O) groups is 1. The maximum atomic E-state index is 12.0. The first-order valence-electron chi connectivity index (χ1n) is 7.78. The zero-order valence-electron chi connectivity index (χ0n) is 14.0. The molecule has 0 aromatic heterocycles. The number of amides is 1. The molecule has 0 aliphatic heterocycles. The van der Waals surface area contributed by atoms with Gasteiger partial charge in [0.1, 0.15) is 0 Å². The van der Waals surface area contributed by atoms with E-state index in [9.17, 15) is 13.2 Å². The Hall–Kier alpha value is -2.37. The molecular weight excluding hydrogens is 420 g/mol. The van der Waals surface area contributed by atoms with Gasteiger partial charge >= 0.3 is 6.09 Å². The Morgan fingerprint density at radius 1 is 1.23 bits per heavy atom. The lowest BCUT2D eigenvalue weighted by molar-refractivity contribution is 0.163. The van der Waals surface area contributed by atoms with E-state index in [4.69, 9.17) is 11.3 Å². The molecule has 8 heteroatoms. The average molecular weight is 437 g/mol. The molecule has 0 unspecified atom stereocenters. The number of sulfone groups is 1. The monoisotopic (exact) mass is 436 g/mol. The zero-order valence-corrected chi connectivity index (χ0v) is 16.4. The van der Waals surface area contributed by atoms with Gasteiger partial charge in [0, 0.05) is 16.6 Å². The van der Waals surface area contributed by atoms with Crippen molar-refractivity contribution in [2.45, 2.75) is 18.2 Å². The largest absolute Gasteiger partial charge is 0.449 e. The minimum atomic E-state index is -3.50. The number of rotatable bonds is 6. The molecule has 0 aliphatic carbocycles. The molecule has 0 heterocycles. The van der Waals surface area contributed by atoms with E-state index >= 15 is 0 Å². The fraction of sp³-hybridized carbons (Fsp3) is 0.222. The first-order chi connectivity index (χ1) is 12.4. The van der Waals surface area contributed by atoms with Crippen LogP contribution in [0.4, 0.5) is 16.2 Å². The number of carbonyl (C=O) groups excluding carboxylic acids is 1. The number of anilines is 1. The maximum Gasteiger partial charge on any atom is 0.411 e. The van der Waals surface area contributed by atoms with Gasteiger partial charge in [-0.1, -0.05) is 41.1 Å². The van der Waals surface area contributed by atoms with Crippen LogP contribution in [0.15, 0.2) is 51.8 Å². The molecule has 0 spiro atoms. The van der Waals surface area contributed by atoms with Crippen LogP contribution in [0.2, 0.25) is 0 Å². The summed E-state index contributed by atoms with van der Waals surface area (Å²) in [5.74, 6) is -0.0968. The fourth-order valence-electron chi connectivity index (χ4n) is 2.17. The third kappa shape index (κ3) is 5.31. The molecule has 1 amide bonds. The van der Waals surface area contributed by atoms with Gasteiger partial charge in [-0.3, -0.25) is 5.32 Å². The Morgan fingerprint density at radius 3 is 2.54 bits per heavy atom. The van der Waals surface area contributed by atoms with Gasteiger partial charge in [-0.05, 0) is 29.8 Å². The third-order valence-electron chi connectivity index (χ3n) is 3.58. The van der Waals surface area contributed by atoms with Crippen LogP contribution in [0.3, 0.4) is 0 Å². The van der Waals surface area contributed by atoms with Crippen LogP contribution in [-0.2, 0) is 21.0 Å². The van der Waals surface area contributed by atoms with E-state index in [1.165, 1.54) is 25.1 Å². The molecular formula is C18H17BrN2O4S. The van der Waals surface area contributed by atoms with Crippen molar-refractivity contribution in [1.82, 2.24) is 0 Å². The molecule has 0 bridgehead atoms. The van der Waals surface area contributed by atoms with E-state index in [-0.39, 0.29) is 22.9 Å². The number of hydrogen-bond donors (Lipinski definition) is 1. The Labute approximate surface area is 161 Å². The van der Waals surface area contributed by atoms with Gasteiger partial charge < -0.3 is 4.74 Å². The van der Waals surface area contributed by atoms with E-state index in [0.717, 1.165) is 10.0 Å². The van der Waals surface area contributed by atoms with E-state index in [2.05, 4.69) is 26.1 Å². The molecule has 0 radical (unpaired) electrons. The quantitative estimate of drug-likeness (QED) is 0.671. The van der Waals surface area contributed by atoms with Gasteiger partial charge in [-0.15, -0.1) is 0 Å². The SMILES string of the molecule is [C-]#[N+]c1cc(NC(=O)OCCc2ccc(Br)cc2)ccc1S(=O)(=O)CC. The Morgan fingerprint density at radius 2 is 1.92 bits per heavy atom. The molecule has 2 aromatic carbocycles. The number of nitrogens with one attached hydrogen (secondary N) is 1. The van der Waals surface area contributed by atoms with E-state index < -0.39 is 15.9 Å². The van der Waals surface area contributed by atoms with Crippen molar-refractivity contribution < 1.29 is 17.9 Å². The molecule has 136 valence electrons. The van der Waals surface area contributed by atoms with Crippen LogP contribution in [0.5, 0.6) is 0 Å². The van der Waals surface area contributed by atoms with Crippen molar-refractivity contribution in [3.8, 4) is 0 Å². The van der Waals surface area contributed by atoms with Crippen LogP contribution in [0.25, 0.3) is 4.85 Å². The minimum Gasteiger partial charge on any atom is -0.449 e. The summed E-state index contributed by atoms with van der Waals surface area (Å²) >= 11 is 3.35. The fourth-order valence-corrected chi connectivity index (χ4v) is 3.44. The molecule has 2 rings (SSSR count). The number of hydrogen-bond acceptors (Lipinski definition) is 4. The van der Waals surface area contributed by atoms with E-state index in [1.807, 2.05) is 24.3 Å². The summed E-state index contributed by atoms with van der Waals surface area (Å²) in [6.45, 7) is 8.86. The normalized spacial score (nSPS) is 10.8. The Kier molecular flexibility index (Phi) is 6.77. The van der Waals surface area contributed by atoms with Crippen molar-refractivity contribution >= 4 is 43.2 Å². The smallest absolute Gasteiger partial charge is 0.411 e. The van der Waals surface area contributed by atoms with Crippen molar-refractivity contribution in [2.24, 2.45) is 0 Å². The summed E-state index contributed by atoms with van der Waals surface area (Å²) in [4.78, 5) is 15.1. The predicted octanol–water partition coefficient (Wildman–Crippen LogP) is 4.58. The van der Waals surface area contributed by atoms with Gasteiger partial charge in [-0.25, -0.2) is 18.1 Å². The molecule has 1 N–H and O–H groups in total. The highest BCUT2D eigenvalue weighted by Gasteiger charge is 2.17. The summed E-state index contributed by atoms with van der Waals surface area (Å²) in [5, 5.41) is 2.50. The predicted molar refractivity (Wildman–Crippen MR) is 103 cm³/mol. The van der Waals surface area contributed by atoms with Gasteiger partial charge in [0.25, 0.3) is 0 Å². The average Bonchev–Trinajstić information content (AvgIpc) is 2.63. The van der Waals surface area contributed by atoms with Crippen molar-refractivity contribution in [1.29, 1.82) is 0 Å². The van der Waals surface area contributed by atoms with Crippen molar-refractivity contribution in [3.05, 3.63) is 63.9 Å². The Bertz CT molecular complexity index is 935. The lowest BCUT2D eigenvalue weighted by Gasteiger charge is -2.09. The number of benzene rings is 2. The molecule has 0 fully saturated rings. The highest BCUT2D eigenvalue weighted by molar-refractivity contribution is 9.10. The minimum absolute atomic E-state index is 0.0282. The maximum absolute atomic E-state index is 12.0. The molecule has 0 aliphatic rings. The Balaban J connectivity index is 1.96. The summed E-state index contributed by atoms with van der Waals surface area (Å²) in [7, 11) is -3.50. The first kappa shape index (κ1) is 19.9. The third-order valence-corrected chi connectivity index (χ3v) is 5.88. The highest BCUT2D eigenvalue weighted by atomic mass is 79.9. The number of ether oxygens (including phenoxy) is 1. The first-order valence-corrected chi connectivity index (χ1v) is 10.2. The molecule has 0 saturated heterocycles. The summed E-state index contributed by atoms with van der Waals surface area (Å²) in [6, 6.07) is 11.8. The molecule has 2 aromatic rings.